The molecule has 1 aromatic heterocycles. The Balaban J connectivity index is 2.04. The van der Waals surface area contributed by atoms with Crippen molar-refractivity contribution in [1.29, 1.82) is 0 Å². The summed E-state index contributed by atoms with van der Waals surface area (Å²) in [6.07, 6.45) is -4.42. The number of nitrogens with zero attached hydrogens (tertiary/aromatic N) is 2. The first-order chi connectivity index (χ1) is 13.5. The third-order valence-corrected chi connectivity index (χ3v) is 4.18. The van der Waals surface area contributed by atoms with Gasteiger partial charge in [0, 0.05) is 22.9 Å². The van der Waals surface area contributed by atoms with Gasteiger partial charge in [-0.3, -0.25) is 0 Å². The predicted molar refractivity (Wildman–Crippen MR) is 110 cm³/mol. The molecule has 7 heteroatoms. The third kappa shape index (κ3) is 5.25. The van der Waals surface area contributed by atoms with Crippen LogP contribution in [0, 0.1) is 6.92 Å². The molecule has 0 bridgehead atoms. The Kier molecular flexibility index (Phi) is 5.50. The van der Waals surface area contributed by atoms with Crippen molar-refractivity contribution in [1.82, 2.24) is 9.97 Å². The number of anilines is 3. The van der Waals surface area contributed by atoms with Gasteiger partial charge in [0.05, 0.1) is 11.3 Å². The van der Waals surface area contributed by atoms with Crippen LogP contribution < -0.4 is 10.6 Å². The third-order valence-electron chi connectivity index (χ3n) is 4.18. The molecule has 0 aliphatic heterocycles. The van der Waals surface area contributed by atoms with Gasteiger partial charge in [-0.1, -0.05) is 36.4 Å². The Bertz CT molecular complexity index is 993. The standard InChI is InChI=1S/C22H23F3N4/c1-14-16(22(23,24)25)11-8-12-17(14)26-19-13-18(15-9-6-5-7-10-15)27-20(28-19)29-21(2,3)4/h5-13H,1-4H3,(H2,26,27,28,29). The predicted octanol–water partition coefficient (Wildman–Crippen LogP) is 6.42. The molecule has 0 saturated heterocycles. The van der Waals surface area contributed by atoms with Crippen LogP contribution in [0.5, 0.6) is 0 Å². The molecular formula is C22H23F3N4. The van der Waals surface area contributed by atoms with Crippen molar-refractivity contribution in [3.05, 3.63) is 65.7 Å². The molecule has 0 saturated carbocycles. The van der Waals surface area contributed by atoms with Crippen molar-refractivity contribution in [3.63, 3.8) is 0 Å². The number of rotatable bonds is 4. The summed E-state index contributed by atoms with van der Waals surface area (Å²) in [5.41, 5.74) is 1.06. The molecule has 0 radical (unpaired) electrons. The van der Waals surface area contributed by atoms with E-state index >= 15 is 0 Å². The van der Waals surface area contributed by atoms with Crippen LogP contribution in [0.3, 0.4) is 0 Å². The SMILES string of the molecule is Cc1c(Nc2cc(-c3ccccc3)nc(NC(C)(C)C)n2)cccc1C(F)(F)F. The molecule has 152 valence electrons. The molecule has 3 rings (SSSR count). The molecule has 4 nitrogen and oxygen atoms in total. The Morgan fingerprint density at radius 3 is 2.17 bits per heavy atom. The fraction of sp³-hybridized carbons (Fsp3) is 0.273. The summed E-state index contributed by atoms with van der Waals surface area (Å²) in [5, 5.41) is 6.26. The van der Waals surface area contributed by atoms with E-state index in [2.05, 4.69) is 20.6 Å². The molecule has 0 amide bonds. The molecule has 0 unspecified atom stereocenters. The minimum Gasteiger partial charge on any atom is -0.350 e. The van der Waals surface area contributed by atoms with Gasteiger partial charge in [-0.15, -0.1) is 0 Å². The van der Waals surface area contributed by atoms with Gasteiger partial charge >= 0.3 is 6.18 Å². The average Bonchev–Trinajstić information content (AvgIpc) is 2.61. The summed E-state index contributed by atoms with van der Waals surface area (Å²) in [6, 6.07) is 15.3. The van der Waals surface area contributed by atoms with Crippen LogP contribution in [0.4, 0.5) is 30.6 Å². The lowest BCUT2D eigenvalue weighted by molar-refractivity contribution is -0.138. The smallest absolute Gasteiger partial charge is 0.350 e. The Morgan fingerprint density at radius 1 is 0.862 bits per heavy atom. The maximum atomic E-state index is 13.2. The van der Waals surface area contributed by atoms with Gasteiger partial charge < -0.3 is 10.6 Å². The largest absolute Gasteiger partial charge is 0.416 e. The Morgan fingerprint density at radius 2 is 1.55 bits per heavy atom. The Hall–Kier alpha value is -3.09. The van der Waals surface area contributed by atoms with Crippen molar-refractivity contribution >= 4 is 17.5 Å². The fourth-order valence-corrected chi connectivity index (χ4v) is 2.88. The molecular weight excluding hydrogens is 377 g/mol. The maximum Gasteiger partial charge on any atom is 0.416 e. The second kappa shape index (κ2) is 7.73. The highest BCUT2D eigenvalue weighted by atomic mass is 19.4. The highest BCUT2D eigenvalue weighted by Crippen LogP contribution is 2.35. The van der Waals surface area contributed by atoms with Gasteiger partial charge in [0.15, 0.2) is 0 Å². The monoisotopic (exact) mass is 400 g/mol. The second-order valence-electron chi connectivity index (χ2n) is 7.80. The summed E-state index contributed by atoms with van der Waals surface area (Å²) >= 11 is 0. The summed E-state index contributed by atoms with van der Waals surface area (Å²) in [4.78, 5) is 9.03. The Labute approximate surface area is 168 Å². The maximum absolute atomic E-state index is 13.2. The fourth-order valence-electron chi connectivity index (χ4n) is 2.88. The minimum absolute atomic E-state index is 0.116. The first-order valence-corrected chi connectivity index (χ1v) is 9.19. The molecule has 3 aromatic rings. The van der Waals surface area contributed by atoms with E-state index in [1.807, 2.05) is 51.1 Å². The molecule has 0 atom stereocenters. The zero-order chi connectivity index (χ0) is 21.2. The van der Waals surface area contributed by atoms with Gasteiger partial charge in [0.25, 0.3) is 0 Å². The van der Waals surface area contributed by atoms with E-state index < -0.39 is 11.7 Å². The molecule has 0 aliphatic rings. The van der Waals surface area contributed by atoms with Crippen LogP contribution in [0.25, 0.3) is 11.3 Å². The summed E-state index contributed by atoms with van der Waals surface area (Å²) in [7, 11) is 0. The second-order valence-corrected chi connectivity index (χ2v) is 7.80. The topological polar surface area (TPSA) is 49.8 Å². The summed E-state index contributed by atoms with van der Waals surface area (Å²) in [5.74, 6) is 0.805. The average molecular weight is 400 g/mol. The van der Waals surface area contributed by atoms with Crippen LogP contribution in [0.15, 0.2) is 54.6 Å². The normalized spacial score (nSPS) is 12.0. The molecule has 29 heavy (non-hydrogen) atoms. The van der Waals surface area contributed by atoms with Gasteiger partial charge in [-0.25, -0.2) is 4.98 Å². The first kappa shape index (κ1) is 20.6. The van der Waals surface area contributed by atoms with E-state index in [1.165, 1.54) is 13.0 Å². The van der Waals surface area contributed by atoms with E-state index in [4.69, 9.17) is 0 Å². The molecule has 0 aliphatic carbocycles. The van der Waals surface area contributed by atoms with E-state index in [0.717, 1.165) is 11.6 Å². The van der Waals surface area contributed by atoms with Gasteiger partial charge in [0.2, 0.25) is 5.95 Å². The zero-order valence-electron chi connectivity index (χ0n) is 16.7. The first-order valence-electron chi connectivity index (χ1n) is 9.19. The molecule has 2 N–H and O–H groups in total. The van der Waals surface area contributed by atoms with Gasteiger partial charge in [-0.2, -0.15) is 18.2 Å². The quantitative estimate of drug-likeness (QED) is 0.530. The number of aromatic nitrogens is 2. The number of hydrogen-bond acceptors (Lipinski definition) is 4. The van der Waals surface area contributed by atoms with Crippen molar-refractivity contribution < 1.29 is 13.2 Å². The van der Waals surface area contributed by atoms with Crippen molar-refractivity contribution in [2.75, 3.05) is 10.6 Å². The zero-order valence-corrected chi connectivity index (χ0v) is 16.7. The van der Waals surface area contributed by atoms with Crippen molar-refractivity contribution in [3.8, 4) is 11.3 Å². The number of halogens is 3. The number of nitrogens with one attached hydrogen (secondary N) is 2. The van der Waals surface area contributed by atoms with E-state index in [1.54, 1.807) is 12.1 Å². The number of alkyl halides is 3. The lowest BCUT2D eigenvalue weighted by Gasteiger charge is -2.22. The number of hydrogen-bond donors (Lipinski definition) is 2. The van der Waals surface area contributed by atoms with E-state index in [0.29, 0.717) is 23.1 Å². The van der Waals surface area contributed by atoms with Crippen LogP contribution in [0.1, 0.15) is 31.9 Å². The highest BCUT2D eigenvalue weighted by Gasteiger charge is 2.33. The van der Waals surface area contributed by atoms with E-state index in [-0.39, 0.29) is 11.1 Å². The van der Waals surface area contributed by atoms with Crippen LogP contribution in [0.2, 0.25) is 0 Å². The summed E-state index contributed by atoms with van der Waals surface area (Å²) in [6.45, 7) is 7.39. The van der Waals surface area contributed by atoms with Crippen molar-refractivity contribution in [2.24, 2.45) is 0 Å². The highest BCUT2D eigenvalue weighted by molar-refractivity contribution is 5.69. The molecule has 0 spiro atoms. The number of benzene rings is 2. The molecule has 0 fully saturated rings. The summed E-state index contributed by atoms with van der Waals surface area (Å²) < 4.78 is 39.7. The van der Waals surface area contributed by atoms with Crippen molar-refractivity contribution in [2.45, 2.75) is 39.4 Å². The van der Waals surface area contributed by atoms with Gasteiger partial charge in [0.1, 0.15) is 5.82 Å². The van der Waals surface area contributed by atoms with Crippen LogP contribution >= 0.6 is 0 Å². The molecule has 1 heterocycles. The van der Waals surface area contributed by atoms with Gasteiger partial charge in [-0.05, 0) is 45.4 Å². The molecule has 2 aromatic carbocycles. The van der Waals surface area contributed by atoms with Crippen LogP contribution in [-0.4, -0.2) is 15.5 Å². The lowest BCUT2D eigenvalue weighted by Crippen LogP contribution is -2.27. The van der Waals surface area contributed by atoms with Crippen LogP contribution in [-0.2, 0) is 6.18 Å². The minimum atomic E-state index is -4.42. The lowest BCUT2D eigenvalue weighted by atomic mass is 10.1. The van der Waals surface area contributed by atoms with E-state index in [9.17, 15) is 13.2 Å².